The predicted octanol–water partition coefficient (Wildman–Crippen LogP) is 1.32. The first kappa shape index (κ1) is 14.1. The second-order valence-corrected chi connectivity index (χ2v) is 4.91. The minimum absolute atomic E-state index is 0.0721. The van der Waals surface area contributed by atoms with Gasteiger partial charge in [-0.1, -0.05) is 0 Å². The van der Waals surface area contributed by atoms with Gasteiger partial charge in [0.25, 0.3) is 5.91 Å². The van der Waals surface area contributed by atoms with Crippen LogP contribution in [0.4, 0.5) is 0 Å². The van der Waals surface area contributed by atoms with E-state index in [0.29, 0.717) is 12.3 Å². The summed E-state index contributed by atoms with van der Waals surface area (Å²) in [6.45, 7) is 4.42. The molecule has 0 aliphatic heterocycles. The number of methoxy groups -OCH3 is 1. The minimum atomic E-state index is -0.156. The monoisotopic (exact) mass is 257 g/mol. The topological polar surface area (TPSA) is 77.2 Å². The Balaban J connectivity index is 2.51. The van der Waals surface area contributed by atoms with Gasteiger partial charge >= 0.3 is 0 Å². The van der Waals surface area contributed by atoms with E-state index in [1.165, 1.54) is 11.3 Å². The Labute approximate surface area is 105 Å². The van der Waals surface area contributed by atoms with Crippen LogP contribution in [0.1, 0.15) is 41.8 Å². The zero-order valence-electron chi connectivity index (χ0n) is 10.4. The molecule has 0 saturated carbocycles. The second kappa shape index (κ2) is 6.68. The average Bonchev–Trinajstić information content (AvgIpc) is 2.75. The van der Waals surface area contributed by atoms with E-state index in [2.05, 4.69) is 10.3 Å². The number of carbonyl (C=O) groups is 1. The number of rotatable bonds is 6. The molecule has 0 saturated heterocycles. The molecule has 0 aliphatic carbocycles. The highest BCUT2D eigenvalue weighted by molar-refractivity contribution is 7.09. The number of carbonyl (C=O) groups excluding carboxylic acids is 1. The van der Waals surface area contributed by atoms with Gasteiger partial charge in [-0.15, -0.1) is 11.3 Å². The second-order valence-electron chi connectivity index (χ2n) is 4.02. The Morgan fingerprint density at radius 1 is 1.65 bits per heavy atom. The van der Waals surface area contributed by atoms with Crippen LogP contribution in [0.3, 0.4) is 0 Å². The highest BCUT2D eigenvalue weighted by Crippen LogP contribution is 2.15. The lowest BCUT2D eigenvalue weighted by molar-refractivity contribution is 0.0925. The van der Waals surface area contributed by atoms with Crippen LogP contribution in [-0.4, -0.2) is 30.6 Å². The van der Waals surface area contributed by atoms with Crippen LogP contribution in [0.25, 0.3) is 0 Å². The van der Waals surface area contributed by atoms with Gasteiger partial charge in [0.2, 0.25) is 0 Å². The van der Waals surface area contributed by atoms with Crippen molar-refractivity contribution < 1.29 is 9.53 Å². The number of nitrogens with two attached hydrogens (primary N) is 1. The maximum atomic E-state index is 11.8. The van der Waals surface area contributed by atoms with Gasteiger partial charge in [-0.2, -0.15) is 0 Å². The summed E-state index contributed by atoms with van der Waals surface area (Å²) in [7, 11) is 1.64. The summed E-state index contributed by atoms with van der Waals surface area (Å²) < 4.78 is 4.95. The van der Waals surface area contributed by atoms with Crippen molar-refractivity contribution in [3.8, 4) is 0 Å². The number of aromatic nitrogens is 1. The zero-order chi connectivity index (χ0) is 12.8. The molecule has 17 heavy (non-hydrogen) atoms. The Morgan fingerprint density at radius 3 is 2.88 bits per heavy atom. The molecule has 0 fully saturated rings. The molecule has 1 aromatic heterocycles. The van der Waals surface area contributed by atoms with E-state index in [1.54, 1.807) is 12.5 Å². The highest BCUT2D eigenvalue weighted by atomic mass is 32.1. The molecule has 0 aromatic carbocycles. The van der Waals surface area contributed by atoms with Gasteiger partial charge in [0.15, 0.2) is 0 Å². The van der Waals surface area contributed by atoms with Crippen molar-refractivity contribution >= 4 is 17.2 Å². The summed E-state index contributed by atoms with van der Waals surface area (Å²) >= 11 is 1.41. The SMILES string of the molecule is COCCC(C)NC(=O)c1csc(C(C)N)n1. The van der Waals surface area contributed by atoms with E-state index in [0.717, 1.165) is 11.4 Å². The molecular formula is C11H19N3O2S. The summed E-state index contributed by atoms with van der Waals surface area (Å²) in [5, 5.41) is 5.38. The Hall–Kier alpha value is -0.980. The number of hydrogen-bond acceptors (Lipinski definition) is 5. The van der Waals surface area contributed by atoms with Crippen LogP contribution in [-0.2, 0) is 4.74 Å². The number of ether oxygens (including phenoxy) is 1. The van der Waals surface area contributed by atoms with Crippen LogP contribution in [0.5, 0.6) is 0 Å². The quantitative estimate of drug-likeness (QED) is 0.805. The molecule has 1 aromatic rings. The van der Waals surface area contributed by atoms with Crippen molar-refractivity contribution in [1.29, 1.82) is 0 Å². The van der Waals surface area contributed by atoms with Crippen molar-refractivity contribution in [1.82, 2.24) is 10.3 Å². The number of hydrogen-bond donors (Lipinski definition) is 2. The Morgan fingerprint density at radius 2 is 2.35 bits per heavy atom. The first-order valence-electron chi connectivity index (χ1n) is 5.55. The van der Waals surface area contributed by atoms with E-state index in [9.17, 15) is 4.79 Å². The summed E-state index contributed by atoms with van der Waals surface area (Å²) in [5.74, 6) is -0.156. The van der Waals surface area contributed by atoms with Crippen molar-refractivity contribution in [2.24, 2.45) is 5.73 Å². The van der Waals surface area contributed by atoms with Gasteiger partial charge in [-0.25, -0.2) is 4.98 Å². The first-order valence-corrected chi connectivity index (χ1v) is 6.43. The van der Waals surface area contributed by atoms with E-state index in [1.807, 2.05) is 13.8 Å². The number of nitrogens with zero attached hydrogens (tertiary/aromatic N) is 1. The largest absolute Gasteiger partial charge is 0.385 e. The maximum Gasteiger partial charge on any atom is 0.270 e. The van der Waals surface area contributed by atoms with Crippen molar-refractivity contribution in [3.63, 3.8) is 0 Å². The Kier molecular flexibility index (Phi) is 5.54. The summed E-state index contributed by atoms with van der Waals surface area (Å²) in [6.07, 6.45) is 0.784. The number of nitrogens with one attached hydrogen (secondary N) is 1. The molecule has 2 unspecified atom stereocenters. The average molecular weight is 257 g/mol. The van der Waals surface area contributed by atoms with E-state index >= 15 is 0 Å². The third kappa shape index (κ3) is 4.41. The summed E-state index contributed by atoms with van der Waals surface area (Å²) in [4.78, 5) is 16.0. The van der Waals surface area contributed by atoms with Crippen LogP contribution < -0.4 is 11.1 Å². The Bertz CT molecular complexity index is 365. The van der Waals surface area contributed by atoms with Gasteiger partial charge in [-0.05, 0) is 20.3 Å². The van der Waals surface area contributed by atoms with Gasteiger partial charge < -0.3 is 15.8 Å². The minimum Gasteiger partial charge on any atom is -0.385 e. The van der Waals surface area contributed by atoms with Gasteiger partial charge in [0.05, 0.1) is 6.04 Å². The lowest BCUT2D eigenvalue weighted by atomic mass is 10.2. The van der Waals surface area contributed by atoms with Crippen LogP contribution in [0, 0.1) is 0 Å². The van der Waals surface area contributed by atoms with E-state index < -0.39 is 0 Å². The normalized spacial score (nSPS) is 14.4. The lowest BCUT2D eigenvalue weighted by Crippen LogP contribution is -2.33. The van der Waals surface area contributed by atoms with Crippen molar-refractivity contribution in [2.75, 3.05) is 13.7 Å². The molecule has 6 heteroatoms. The van der Waals surface area contributed by atoms with Crippen LogP contribution in [0.15, 0.2) is 5.38 Å². The number of amides is 1. The van der Waals surface area contributed by atoms with Gasteiger partial charge in [0.1, 0.15) is 10.7 Å². The molecule has 5 nitrogen and oxygen atoms in total. The molecule has 0 aliphatic rings. The highest BCUT2D eigenvalue weighted by Gasteiger charge is 2.14. The van der Waals surface area contributed by atoms with Crippen molar-refractivity contribution in [3.05, 3.63) is 16.1 Å². The molecule has 96 valence electrons. The molecule has 2 atom stereocenters. The molecule has 1 heterocycles. The molecule has 0 radical (unpaired) electrons. The molecule has 3 N–H and O–H groups in total. The standard InChI is InChI=1S/C11H19N3O2S/c1-7(4-5-16-3)13-10(15)9-6-17-11(14-9)8(2)12/h6-8H,4-5,12H2,1-3H3,(H,13,15). The number of thiazole rings is 1. The smallest absolute Gasteiger partial charge is 0.270 e. The molecule has 0 spiro atoms. The van der Waals surface area contributed by atoms with Crippen LogP contribution in [0.2, 0.25) is 0 Å². The molecule has 1 rings (SSSR count). The molecular weight excluding hydrogens is 238 g/mol. The van der Waals surface area contributed by atoms with Crippen molar-refractivity contribution in [2.45, 2.75) is 32.4 Å². The first-order chi connectivity index (χ1) is 8.04. The lowest BCUT2D eigenvalue weighted by Gasteiger charge is -2.11. The van der Waals surface area contributed by atoms with E-state index in [4.69, 9.17) is 10.5 Å². The van der Waals surface area contributed by atoms with Gasteiger partial charge in [-0.3, -0.25) is 4.79 Å². The van der Waals surface area contributed by atoms with E-state index in [-0.39, 0.29) is 18.0 Å². The fourth-order valence-electron chi connectivity index (χ4n) is 1.27. The van der Waals surface area contributed by atoms with Crippen LogP contribution >= 0.6 is 11.3 Å². The fraction of sp³-hybridized carbons (Fsp3) is 0.636. The summed E-state index contributed by atoms with van der Waals surface area (Å²) in [6, 6.07) is -0.0598. The van der Waals surface area contributed by atoms with Gasteiger partial charge in [0, 0.05) is 25.1 Å². The predicted molar refractivity (Wildman–Crippen MR) is 68.1 cm³/mol. The fourth-order valence-corrected chi connectivity index (χ4v) is 2.02. The summed E-state index contributed by atoms with van der Waals surface area (Å²) in [5.41, 5.74) is 6.13. The third-order valence-electron chi connectivity index (χ3n) is 2.28. The molecule has 1 amide bonds. The molecule has 0 bridgehead atoms. The third-order valence-corrected chi connectivity index (χ3v) is 3.32. The maximum absolute atomic E-state index is 11.8. The zero-order valence-corrected chi connectivity index (χ0v) is 11.2.